The standard InChI is InChI=1S/C15H20N2O2.C12H11NO2/c1-17-6-2-3-12(9-17)7-11-4-5-14-13(8-11)16-15(18)10-19-14;1-8-2-3-9-10(13-8)4-5-11-12(9)15-7-6-14-11/h4-5,8,12H,2-3,6-7,9-10H2,1H3,(H,16,18);2-5H,6-7H2,1H3. The van der Waals surface area contributed by atoms with Gasteiger partial charge >= 0.3 is 0 Å². The van der Waals surface area contributed by atoms with Crippen LogP contribution in [0.2, 0.25) is 0 Å². The molecule has 3 aromatic rings. The van der Waals surface area contributed by atoms with Gasteiger partial charge in [-0.3, -0.25) is 9.78 Å². The van der Waals surface area contributed by atoms with Gasteiger partial charge in [-0.15, -0.1) is 0 Å². The van der Waals surface area contributed by atoms with Crippen LogP contribution in [0.3, 0.4) is 0 Å². The van der Waals surface area contributed by atoms with E-state index in [9.17, 15) is 4.79 Å². The molecule has 7 nitrogen and oxygen atoms in total. The molecule has 0 radical (unpaired) electrons. The number of ether oxygens (including phenoxy) is 3. The third-order valence-corrected chi connectivity index (χ3v) is 6.44. The Morgan fingerprint density at radius 1 is 1.06 bits per heavy atom. The third-order valence-electron chi connectivity index (χ3n) is 6.44. The van der Waals surface area contributed by atoms with Crippen LogP contribution in [-0.2, 0) is 11.2 Å². The zero-order chi connectivity index (χ0) is 23.5. The Kier molecular flexibility index (Phi) is 6.54. The number of aryl methyl sites for hydroxylation is 1. The van der Waals surface area contributed by atoms with E-state index >= 15 is 0 Å². The van der Waals surface area contributed by atoms with Crippen molar-refractivity contribution in [3.05, 3.63) is 53.7 Å². The van der Waals surface area contributed by atoms with Crippen molar-refractivity contribution in [1.82, 2.24) is 9.88 Å². The lowest BCUT2D eigenvalue weighted by Gasteiger charge is -2.30. The van der Waals surface area contributed by atoms with E-state index in [4.69, 9.17) is 14.2 Å². The van der Waals surface area contributed by atoms with E-state index in [1.807, 2.05) is 37.3 Å². The number of nitrogens with zero attached hydrogens (tertiary/aromatic N) is 2. The van der Waals surface area contributed by atoms with Gasteiger partial charge in [0.2, 0.25) is 0 Å². The number of carbonyl (C=O) groups excluding carboxylic acids is 1. The van der Waals surface area contributed by atoms with Crippen molar-refractivity contribution in [1.29, 1.82) is 0 Å². The number of rotatable bonds is 2. The number of likely N-dealkylation sites (tertiary alicyclic amines) is 1. The second-order valence-corrected chi connectivity index (χ2v) is 9.25. The smallest absolute Gasteiger partial charge is 0.262 e. The summed E-state index contributed by atoms with van der Waals surface area (Å²) in [5, 5.41) is 3.90. The highest BCUT2D eigenvalue weighted by atomic mass is 16.6. The van der Waals surface area contributed by atoms with Crippen LogP contribution in [0.4, 0.5) is 5.69 Å². The summed E-state index contributed by atoms with van der Waals surface area (Å²) in [6.45, 7) is 5.72. The zero-order valence-electron chi connectivity index (χ0n) is 19.8. The average Bonchev–Trinajstić information content (AvgIpc) is 2.84. The van der Waals surface area contributed by atoms with Crippen molar-refractivity contribution in [3.8, 4) is 17.2 Å². The Bertz CT molecular complexity index is 1200. The lowest BCUT2D eigenvalue weighted by molar-refractivity contribution is -0.118. The summed E-state index contributed by atoms with van der Waals surface area (Å²) in [5.41, 5.74) is 4.07. The van der Waals surface area contributed by atoms with E-state index in [1.54, 1.807) is 0 Å². The molecular formula is C27H31N3O4. The van der Waals surface area contributed by atoms with Gasteiger partial charge in [0.05, 0.1) is 11.2 Å². The van der Waals surface area contributed by atoms with Crippen LogP contribution in [-0.4, -0.2) is 55.7 Å². The Hall–Kier alpha value is -3.32. The second-order valence-electron chi connectivity index (χ2n) is 9.25. The Morgan fingerprint density at radius 2 is 1.91 bits per heavy atom. The molecule has 1 N–H and O–H groups in total. The van der Waals surface area contributed by atoms with Gasteiger partial charge in [0.1, 0.15) is 19.0 Å². The number of benzene rings is 2. The fraction of sp³-hybridized carbons (Fsp3) is 0.407. The maximum absolute atomic E-state index is 11.3. The summed E-state index contributed by atoms with van der Waals surface area (Å²) < 4.78 is 16.5. The Morgan fingerprint density at radius 3 is 2.79 bits per heavy atom. The monoisotopic (exact) mass is 461 g/mol. The summed E-state index contributed by atoms with van der Waals surface area (Å²) >= 11 is 0. The Labute approximate surface area is 200 Å². The molecule has 0 spiro atoms. The molecule has 34 heavy (non-hydrogen) atoms. The number of aromatic nitrogens is 1. The first-order chi connectivity index (χ1) is 16.5. The first-order valence-electron chi connectivity index (χ1n) is 12.0. The minimum absolute atomic E-state index is 0.0675. The average molecular weight is 462 g/mol. The van der Waals surface area contributed by atoms with Crippen LogP contribution in [0.1, 0.15) is 24.1 Å². The number of hydrogen-bond donors (Lipinski definition) is 1. The second kappa shape index (κ2) is 9.89. The molecule has 1 unspecified atom stereocenters. The molecule has 7 heteroatoms. The molecule has 0 saturated carbocycles. The van der Waals surface area contributed by atoms with Crippen LogP contribution in [0.25, 0.3) is 10.9 Å². The van der Waals surface area contributed by atoms with Gasteiger partial charge in [0.15, 0.2) is 18.1 Å². The molecule has 1 fully saturated rings. The highest BCUT2D eigenvalue weighted by Crippen LogP contribution is 2.36. The maximum Gasteiger partial charge on any atom is 0.262 e. The number of anilines is 1. The molecule has 3 aliphatic heterocycles. The molecule has 2 aromatic carbocycles. The minimum Gasteiger partial charge on any atom is -0.486 e. The van der Waals surface area contributed by atoms with Gasteiger partial charge in [-0.1, -0.05) is 6.07 Å². The first kappa shape index (κ1) is 22.5. The van der Waals surface area contributed by atoms with Crippen molar-refractivity contribution in [3.63, 3.8) is 0 Å². The van der Waals surface area contributed by atoms with Crippen molar-refractivity contribution in [2.45, 2.75) is 26.2 Å². The quantitative estimate of drug-likeness (QED) is 0.616. The van der Waals surface area contributed by atoms with Crippen LogP contribution >= 0.6 is 0 Å². The largest absolute Gasteiger partial charge is 0.486 e. The summed E-state index contributed by atoms with van der Waals surface area (Å²) in [6.07, 6.45) is 3.66. The topological polar surface area (TPSA) is 72.9 Å². The van der Waals surface area contributed by atoms with Crippen LogP contribution in [0, 0.1) is 12.8 Å². The lowest BCUT2D eigenvalue weighted by atomic mass is 9.91. The molecule has 0 bridgehead atoms. The van der Waals surface area contributed by atoms with Crippen molar-refractivity contribution >= 4 is 22.5 Å². The number of nitrogens with one attached hydrogen (secondary N) is 1. The number of pyridine rings is 1. The number of amides is 1. The van der Waals surface area contributed by atoms with Crippen molar-refractivity contribution in [2.75, 3.05) is 45.3 Å². The van der Waals surface area contributed by atoms with E-state index < -0.39 is 0 Å². The number of fused-ring (bicyclic) bond motifs is 4. The van der Waals surface area contributed by atoms with Gasteiger partial charge in [-0.2, -0.15) is 0 Å². The van der Waals surface area contributed by atoms with E-state index in [0.29, 0.717) is 13.2 Å². The molecule has 178 valence electrons. The predicted molar refractivity (Wildman–Crippen MR) is 132 cm³/mol. The predicted octanol–water partition coefficient (Wildman–Crippen LogP) is 4.22. The molecule has 1 saturated heterocycles. The highest BCUT2D eigenvalue weighted by molar-refractivity contribution is 5.95. The van der Waals surface area contributed by atoms with Gasteiger partial charge in [-0.25, -0.2) is 0 Å². The summed E-state index contributed by atoms with van der Waals surface area (Å²) in [6, 6.07) is 14.0. The molecule has 1 aromatic heterocycles. The highest BCUT2D eigenvalue weighted by Gasteiger charge is 2.20. The third kappa shape index (κ3) is 5.09. The summed E-state index contributed by atoms with van der Waals surface area (Å²) in [7, 11) is 2.19. The maximum atomic E-state index is 11.3. The van der Waals surface area contributed by atoms with Gasteiger partial charge in [0.25, 0.3) is 5.91 Å². The molecule has 3 aliphatic rings. The molecule has 0 aliphatic carbocycles. The first-order valence-corrected chi connectivity index (χ1v) is 12.0. The zero-order valence-corrected chi connectivity index (χ0v) is 19.8. The summed E-state index contributed by atoms with van der Waals surface area (Å²) in [4.78, 5) is 18.2. The molecule has 1 amide bonds. The minimum atomic E-state index is -0.0675. The number of piperidine rings is 1. The molecule has 4 heterocycles. The van der Waals surface area contributed by atoms with Crippen molar-refractivity contribution in [2.24, 2.45) is 5.92 Å². The van der Waals surface area contributed by atoms with Crippen LogP contribution in [0.5, 0.6) is 17.2 Å². The fourth-order valence-corrected chi connectivity index (χ4v) is 4.85. The fourth-order valence-electron chi connectivity index (χ4n) is 4.85. The van der Waals surface area contributed by atoms with Gasteiger partial charge in [0, 0.05) is 17.6 Å². The van der Waals surface area contributed by atoms with E-state index in [-0.39, 0.29) is 12.5 Å². The molecule has 1 atom stereocenters. The SMILES string of the molecule is CN1CCCC(Cc2ccc3c(c2)NC(=O)CO3)C1.Cc1ccc2c3c(ccc2n1)OCCO3. The van der Waals surface area contributed by atoms with E-state index in [2.05, 4.69) is 34.4 Å². The number of hydrogen-bond acceptors (Lipinski definition) is 6. The van der Waals surface area contributed by atoms with Gasteiger partial charge < -0.3 is 24.4 Å². The number of carbonyl (C=O) groups is 1. The normalized spacial score (nSPS) is 19.4. The lowest BCUT2D eigenvalue weighted by Crippen LogP contribution is -2.33. The Balaban J connectivity index is 0.000000145. The van der Waals surface area contributed by atoms with E-state index in [0.717, 1.165) is 51.9 Å². The van der Waals surface area contributed by atoms with E-state index in [1.165, 1.54) is 31.5 Å². The molecule has 6 rings (SSSR count). The van der Waals surface area contributed by atoms with Crippen LogP contribution < -0.4 is 19.5 Å². The van der Waals surface area contributed by atoms with Crippen LogP contribution in [0.15, 0.2) is 42.5 Å². The van der Waals surface area contributed by atoms with Gasteiger partial charge in [-0.05, 0) is 87.7 Å². The van der Waals surface area contributed by atoms with Crippen molar-refractivity contribution < 1.29 is 19.0 Å². The summed E-state index contributed by atoms with van der Waals surface area (Å²) in [5.74, 6) is 3.08. The molecular weight excluding hydrogens is 430 g/mol.